The molecule has 3 rings (SSSR count). The summed E-state index contributed by atoms with van der Waals surface area (Å²) in [7, 11) is 0. The number of hydrogen-bond acceptors (Lipinski definition) is 2. The summed E-state index contributed by atoms with van der Waals surface area (Å²) in [6.07, 6.45) is 7.13. The van der Waals surface area contributed by atoms with Crippen molar-refractivity contribution >= 4 is 0 Å². The highest BCUT2D eigenvalue weighted by molar-refractivity contribution is 5.30. The lowest BCUT2D eigenvalue weighted by atomic mass is 9.78. The van der Waals surface area contributed by atoms with Crippen LogP contribution in [0.4, 0.5) is 0 Å². The topological polar surface area (TPSA) is 23.5 Å². The fourth-order valence-corrected chi connectivity index (χ4v) is 3.90. The third kappa shape index (κ3) is 2.76. The van der Waals surface area contributed by atoms with Gasteiger partial charge < -0.3 is 5.11 Å². The van der Waals surface area contributed by atoms with Crippen LogP contribution in [0.1, 0.15) is 75.5 Å². The summed E-state index contributed by atoms with van der Waals surface area (Å²) < 4.78 is 0. The Morgan fingerprint density at radius 3 is 2.52 bits per heavy atom. The van der Waals surface area contributed by atoms with Gasteiger partial charge in [0.05, 0.1) is 6.10 Å². The molecular formula is C19H29NO. The van der Waals surface area contributed by atoms with Crippen molar-refractivity contribution in [2.24, 2.45) is 0 Å². The largest absolute Gasteiger partial charge is 0.386 e. The minimum Gasteiger partial charge on any atom is -0.386 e. The van der Waals surface area contributed by atoms with E-state index in [1.807, 2.05) is 0 Å². The van der Waals surface area contributed by atoms with Crippen molar-refractivity contribution in [3.05, 3.63) is 35.4 Å². The zero-order chi connectivity index (χ0) is 14.9. The molecular weight excluding hydrogens is 258 g/mol. The molecule has 2 aliphatic rings. The van der Waals surface area contributed by atoms with Gasteiger partial charge in [-0.05, 0) is 69.2 Å². The molecule has 21 heavy (non-hydrogen) atoms. The van der Waals surface area contributed by atoms with E-state index in [0.29, 0.717) is 0 Å². The Morgan fingerprint density at radius 2 is 1.95 bits per heavy atom. The molecule has 1 heterocycles. The van der Waals surface area contributed by atoms with Gasteiger partial charge in [0.2, 0.25) is 0 Å². The van der Waals surface area contributed by atoms with E-state index in [-0.39, 0.29) is 11.6 Å². The predicted octanol–water partition coefficient (Wildman–Crippen LogP) is 4.25. The number of likely N-dealkylation sites (tertiary alicyclic amines) is 1. The normalized spacial score (nSPS) is 24.5. The van der Waals surface area contributed by atoms with Crippen molar-refractivity contribution in [2.45, 2.75) is 69.9 Å². The maximum absolute atomic E-state index is 11.1. The average Bonchev–Trinajstić information content (AvgIpc) is 2.99. The third-order valence-electron chi connectivity index (χ3n) is 5.94. The maximum Gasteiger partial charge on any atom is 0.0970 e. The molecule has 0 aromatic heterocycles. The van der Waals surface area contributed by atoms with E-state index in [0.717, 1.165) is 31.0 Å². The van der Waals surface area contributed by atoms with E-state index in [9.17, 15) is 5.11 Å². The molecule has 1 N–H and O–H groups in total. The molecule has 1 aliphatic heterocycles. The molecule has 2 heteroatoms. The van der Waals surface area contributed by atoms with Crippen LogP contribution in [0.25, 0.3) is 0 Å². The predicted molar refractivity (Wildman–Crippen MR) is 87.5 cm³/mol. The van der Waals surface area contributed by atoms with E-state index in [1.165, 1.54) is 37.7 Å². The highest BCUT2D eigenvalue weighted by Crippen LogP contribution is 2.40. The number of aliphatic hydroxyl groups is 1. The number of nitrogens with zero attached hydrogens (tertiary/aromatic N) is 1. The first kappa shape index (κ1) is 15.1. The Morgan fingerprint density at radius 1 is 1.24 bits per heavy atom. The molecule has 1 aromatic carbocycles. The van der Waals surface area contributed by atoms with Crippen molar-refractivity contribution in [3.63, 3.8) is 0 Å². The average molecular weight is 287 g/mol. The van der Waals surface area contributed by atoms with Gasteiger partial charge in [-0.2, -0.15) is 0 Å². The van der Waals surface area contributed by atoms with Gasteiger partial charge in [-0.25, -0.2) is 0 Å². The van der Waals surface area contributed by atoms with Gasteiger partial charge in [0.1, 0.15) is 0 Å². The van der Waals surface area contributed by atoms with Crippen molar-refractivity contribution < 1.29 is 5.11 Å². The molecule has 2 atom stereocenters. The number of aliphatic hydroxyl groups excluding tert-OH is 1. The van der Waals surface area contributed by atoms with Crippen LogP contribution in [0, 0.1) is 0 Å². The van der Waals surface area contributed by atoms with E-state index in [1.54, 1.807) is 0 Å². The monoisotopic (exact) mass is 287 g/mol. The Kier molecular flexibility index (Phi) is 4.37. The second-order valence-electron chi connectivity index (χ2n) is 7.11. The quantitative estimate of drug-likeness (QED) is 0.875. The van der Waals surface area contributed by atoms with Crippen molar-refractivity contribution in [1.82, 2.24) is 4.90 Å². The molecule has 1 saturated heterocycles. The van der Waals surface area contributed by atoms with Crippen LogP contribution in [-0.2, 0) is 0 Å². The molecule has 0 radical (unpaired) electrons. The molecule has 2 fully saturated rings. The van der Waals surface area contributed by atoms with Gasteiger partial charge in [0.25, 0.3) is 0 Å². The zero-order valence-corrected chi connectivity index (χ0v) is 13.5. The second-order valence-corrected chi connectivity index (χ2v) is 7.11. The van der Waals surface area contributed by atoms with Gasteiger partial charge >= 0.3 is 0 Å². The van der Waals surface area contributed by atoms with Crippen LogP contribution in [0.15, 0.2) is 24.3 Å². The first-order valence-corrected chi connectivity index (χ1v) is 8.68. The van der Waals surface area contributed by atoms with Crippen LogP contribution in [-0.4, -0.2) is 28.6 Å². The van der Waals surface area contributed by atoms with E-state index < -0.39 is 0 Å². The standard InChI is InChI=1S/C19H29NO/c1-3-19(2,20-12-4-5-13-20)18(21)17-11-7-10-16(14-17)15-8-6-9-15/h7,10-11,14-15,18,21H,3-6,8-9,12-13H2,1-2H3. The van der Waals surface area contributed by atoms with Gasteiger partial charge in [-0.15, -0.1) is 0 Å². The Balaban J connectivity index is 1.83. The Labute approximate surface area is 129 Å². The zero-order valence-electron chi connectivity index (χ0n) is 13.5. The van der Waals surface area contributed by atoms with Crippen LogP contribution in [0.3, 0.4) is 0 Å². The van der Waals surface area contributed by atoms with Crippen molar-refractivity contribution in [1.29, 1.82) is 0 Å². The van der Waals surface area contributed by atoms with Crippen molar-refractivity contribution in [2.75, 3.05) is 13.1 Å². The van der Waals surface area contributed by atoms with E-state index in [2.05, 4.69) is 43.0 Å². The smallest absolute Gasteiger partial charge is 0.0970 e. The molecule has 2 nitrogen and oxygen atoms in total. The SMILES string of the molecule is CCC(C)(C(O)c1cccc(C2CCC2)c1)N1CCCC1. The Hall–Kier alpha value is -0.860. The molecule has 0 amide bonds. The molecule has 0 bridgehead atoms. The molecule has 0 spiro atoms. The lowest BCUT2D eigenvalue weighted by Crippen LogP contribution is -2.48. The fraction of sp³-hybridized carbons (Fsp3) is 0.684. The molecule has 1 aromatic rings. The summed E-state index contributed by atoms with van der Waals surface area (Å²) in [4.78, 5) is 2.49. The summed E-state index contributed by atoms with van der Waals surface area (Å²) in [6.45, 7) is 6.70. The highest BCUT2D eigenvalue weighted by Gasteiger charge is 2.39. The Bertz CT molecular complexity index is 476. The highest BCUT2D eigenvalue weighted by atomic mass is 16.3. The van der Waals surface area contributed by atoms with Gasteiger partial charge in [0, 0.05) is 5.54 Å². The van der Waals surface area contributed by atoms with Crippen LogP contribution in [0.2, 0.25) is 0 Å². The van der Waals surface area contributed by atoms with Gasteiger partial charge in [-0.3, -0.25) is 4.90 Å². The number of benzene rings is 1. The molecule has 2 unspecified atom stereocenters. The van der Waals surface area contributed by atoms with Crippen LogP contribution < -0.4 is 0 Å². The van der Waals surface area contributed by atoms with E-state index in [4.69, 9.17) is 0 Å². The van der Waals surface area contributed by atoms with Crippen LogP contribution >= 0.6 is 0 Å². The summed E-state index contributed by atoms with van der Waals surface area (Å²) in [5.41, 5.74) is 2.41. The molecule has 116 valence electrons. The summed E-state index contributed by atoms with van der Waals surface area (Å²) >= 11 is 0. The third-order valence-corrected chi connectivity index (χ3v) is 5.94. The van der Waals surface area contributed by atoms with Crippen LogP contribution in [0.5, 0.6) is 0 Å². The number of hydrogen-bond donors (Lipinski definition) is 1. The molecule has 1 saturated carbocycles. The van der Waals surface area contributed by atoms with Crippen molar-refractivity contribution in [3.8, 4) is 0 Å². The first-order valence-electron chi connectivity index (χ1n) is 8.68. The van der Waals surface area contributed by atoms with E-state index >= 15 is 0 Å². The minimum atomic E-state index is -0.388. The first-order chi connectivity index (χ1) is 10.1. The summed E-state index contributed by atoms with van der Waals surface area (Å²) in [5.74, 6) is 0.733. The lowest BCUT2D eigenvalue weighted by molar-refractivity contribution is -0.0140. The number of rotatable bonds is 5. The summed E-state index contributed by atoms with van der Waals surface area (Å²) in [6, 6.07) is 8.74. The minimum absolute atomic E-state index is 0.130. The fourth-order valence-electron chi connectivity index (χ4n) is 3.90. The van der Waals surface area contributed by atoms with Gasteiger partial charge in [0.15, 0.2) is 0 Å². The van der Waals surface area contributed by atoms with Gasteiger partial charge in [-0.1, -0.05) is 37.6 Å². The second kappa shape index (κ2) is 6.10. The molecule has 1 aliphatic carbocycles. The lowest BCUT2D eigenvalue weighted by Gasteiger charge is -2.42. The maximum atomic E-state index is 11.1. The summed E-state index contributed by atoms with van der Waals surface area (Å²) in [5, 5.41) is 11.1.